The van der Waals surface area contributed by atoms with Crippen molar-refractivity contribution in [1.82, 2.24) is 9.78 Å². The number of hydrogen-bond donors (Lipinski definition) is 1. The predicted molar refractivity (Wildman–Crippen MR) is 106 cm³/mol. The summed E-state index contributed by atoms with van der Waals surface area (Å²) in [6, 6.07) is 15.6. The smallest absolute Gasteiger partial charge is 0.365 e. The molecule has 148 valence electrons. The number of carbonyl (C=O) groups excluding carboxylic acids is 1. The lowest BCUT2D eigenvalue weighted by atomic mass is 10.1. The molecule has 2 aromatic carbocycles. The minimum absolute atomic E-state index is 0.00807. The molecule has 0 atom stereocenters. The molecule has 0 radical (unpaired) electrons. The van der Waals surface area contributed by atoms with Gasteiger partial charge in [0, 0.05) is 5.56 Å². The average Bonchev–Trinajstić information content (AvgIpc) is 2.99. The van der Waals surface area contributed by atoms with Crippen molar-refractivity contribution in [2.24, 2.45) is 10.9 Å². The van der Waals surface area contributed by atoms with Crippen molar-refractivity contribution in [3.8, 4) is 0 Å². The lowest BCUT2D eigenvalue weighted by Crippen LogP contribution is -2.15. The third-order valence-electron chi connectivity index (χ3n) is 4.32. The molecule has 0 aliphatic heterocycles. The summed E-state index contributed by atoms with van der Waals surface area (Å²) in [5.41, 5.74) is 8.25. The molecule has 0 fully saturated rings. The number of carbonyl (C=O) groups is 1. The second-order valence-corrected chi connectivity index (χ2v) is 6.36. The lowest BCUT2D eigenvalue weighted by molar-refractivity contribution is -0.386. The fourth-order valence-corrected chi connectivity index (χ4v) is 2.88. The molecule has 0 amide bonds. The van der Waals surface area contributed by atoms with Crippen molar-refractivity contribution >= 4 is 17.5 Å². The number of rotatable bonds is 6. The van der Waals surface area contributed by atoms with Crippen LogP contribution in [0.4, 0.5) is 5.69 Å². The molecule has 0 saturated heterocycles. The van der Waals surface area contributed by atoms with Crippen LogP contribution >= 0.6 is 0 Å². The van der Waals surface area contributed by atoms with Crippen LogP contribution in [0.3, 0.4) is 0 Å². The monoisotopic (exact) mass is 393 g/mol. The quantitative estimate of drug-likeness (QED) is 0.226. The number of nitrogens with two attached hydrogens (primary N) is 1. The number of aryl methyl sites for hydroxylation is 1. The highest BCUT2D eigenvalue weighted by atomic mass is 16.7. The summed E-state index contributed by atoms with van der Waals surface area (Å²) in [5, 5.41) is 19.0. The van der Waals surface area contributed by atoms with E-state index in [2.05, 4.69) is 10.3 Å². The van der Waals surface area contributed by atoms with E-state index in [4.69, 9.17) is 10.6 Å². The third-order valence-corrected chi connectivity index (χ3v) is 4.32. The first-order valence-electron chi connectivity index (χ1n) is 8.74. The maximum atomic E-state index is 12.3. The maximum Gasteiger partial charge on any atom is 0.365 e. The second kappa shape index (κ2) is 8.34. The van der Waals surface area contributed by atoms with Gasteiger partial charge in [-0.05, 0) is 31.5 Å². The number of amidine groups is 1. The summed E-state index contributed by atoms with van der Waals surface area (Å²) >= 11 is 0. The number of oxime groups is 1. The normalized spacial score (nSPS) is 11.3. The van der Waals surface area contributed by atoms with E-state index in [-0.39, 0.29) is 23.6 Å². The van der Waals surface area contributed by atoms with Crippen LogP contribution in [0.2, 0.25) is 0 Å². The molecule has 3 rings (SSSR count). The van der Waals surface area contributed by atoms with Gasteiger partial charge in [0.25, 0.3) is 0 Å². The Bertz CT molecular complexity index is 1090. The molecule has 0 bridgehead atoms. The summed E-state index contributed by atoms with van der Waals surface area (Å²) in [7, 11) is 0. The molecular weight excluding hydrogens is 374 g/mol. The second-order valence-electron chi connectivity index (χ2n) is 6.36. The Morgan fingerprint density at radius 3 is 2.52 bits per heavy atom. The van der Waals surface area contributed by atoms with Crippen molar-refractivity contribution in [2.45, 2.75) is 20.4 Å². The zero-order valence-electron chi connectivity index (χ0n) is 15.9. The van der Waals surface area contributed by atoms with Gasteiger partial charge in [-0.15, -0.1) is 0 Å². The number of hydrogen-bond acceptors (Lipinski definition) is 6. The van der Waals surface area contributed by atoms with Gasteiger partial charge in [0.1, 0.15) is 11.4 Å². The van der Waals surface area contributed by atoms with E-state index in [1.54, 1.807) is 62.4 Å². The first-order valence-corrected chi connectivity index (χ1v) is 8.74. The zero-order chi connectivity index (χ0) is 21.0. The Labute approximate surface area is 166 Å². The van der Waals surface area contributed by atoms with E-state index in [9.17, 15) is 14.9 Å². The van der Waals surface area contributed by atoms with Gasteiger partial charge in [0.2, 0.25) is 0 Å². The van der Waals surface area contributed by atoms with E-state index in [0.717, 1.165) is 5.56 Å². The highest BCUT2D eigenvalue weighted by Crippen LogP contribution is 2.22. The van der Waals surface area contributed by atoms with E-state index in [1.807, 2.05) is 6.07 Å². The molecule has 2 N–H and O–H groups in total. The van der Waals surface area contributed by atoms with Crippen LogP contribution in [-0.4, -0.2) is 26.5 Å². The Balaban J connectivity index is 1.75. The van der Waals surface area contributed by atoms with Crippen molar-refractivity contribution in [1.29, 1.82) is 0 Å². The molecular formula is C20H19N5O4. The Morgan fingerprint density at radius 1 is 1.17 bits per heavy atom. The first kappa shape index (κ1) is 19.7. The van der Waals surface area contributed by atoms with E-state index < -0.39 is 10.9 Å². The molecule has 9 nitrogen and oxygen atoms in total. The largest absolute Gasteiger partial charge is 0.380 e. The molecule has 29 heavy (non-hydrogen) atoms. The summed E-state index contributed by atoms with van der Waals surface area (Å²) in [6.45, 7) is 3.50. The van der Waals surface area contributed by atoms with E-state index in [1.165, 1.54) is 4.68 Å². The van der Waals surface area contributed by atoms with Gasteiger partial charge >= 0.3 is 11.7 Å². The van der Waals surface area contributed by atoms with E-state index in [0.29, 0.717) is 17.0 Å². The summed E-state index contributed by atoms with van der Waals surface area (Å²) in [6.07, 6.45) is 0. The zero-order valence-corrected chi connectivity index (χ0v) is 15.9. The fourth-order valence-electron chi connectivity index (χ4n) is 2.88. The third kappa shape index (κ3) is 4.46. The van der Waals surface area contributed by atoms with Gasteiger partial charge < -0.3 is 10.6 Å². The summed E-state index contributed by atoms with van der Waals surface area (Å²) < 4.78 is 1.53. The van der Waals surface area contributed by atoms with Gasteiger partial charge in [-0.1, -0.05) is 47.6 Å². The average molecular weight is 393 g/mol. The molecule has 1 aromatic heterocycles. The standard InChI is InChI=1S/C20H19N5O4/c1-13-18(25(27)28)14(2)24(22-13)12-15-7-6-10-17(11-15)20(26)29-23-19(21)16-8-4-3-5-9-16/h3-11H,12H2,1-2H3,(H2,21,23). The van der Waals surface area contributed by atoms with Gasteiger partial charge in [-0.2, -0.15) is 5.10 Å². The van der Waals surface area contributed by atoms with Crippen molar-refractivity contribution in [2.75, 3.05) is 0 Å². The molecule has 0 saturated carbocycles. The van der Waals surface area contributed by atoms with Gasteiger partial charge in [0.05, 0.1) is 17.0 Å². The molecule has 0 aliphatic carbocycles. The van der Waals surface area contributed by atoms with Crippen molar-refractivity contribution < 1.29 is 14.6 Å². The predicted octanol–water partition coefficient (Wildman–Crippen LogP) is 2.93. The first-order chi connectivity index (χ1) is 13.9. The van der Waals surface area contributed by atoms with Crippen LogP contribution in [-0.2, 0) is 11.4 Å². The van der Waals surface area contributed by atoms with Gasteiger partial charge in [0.15, 0.2) is 5.84 Å². The van der Waals surface area contributed by atoms with Crippen molar-refractivity contribution in [3.63, 3.8) is 0 Å². The van der Waals surface area contributed by atoms with Gasteiger partial charge in [-0.25, -0.2) is 4.79 Å². The number of benzene rings is 2. The SMILES string of the molecule is Cc1nn(Cc2cccc(C(=O)O/N=C(\N)c3ccccc3)c2)c(C)c1[N+](=O)[O-]. The molecule has 0 spiro atoms. The fraction of sp³-hybridized carbons (Fsp3) is 0.150. The summed E-state index contributed by atoms with van der Waals surface area (Å²) in [4.78, 5) is 27.9. The number of nitro groups is 1. The van der Waals surface area contributed by atoms with Crippen molar-refractivity contribution in [3.05, 3.63) is 92.8 Å². The van der Waals surface area contributed by atoms with Crippen LogP contribution in [0.25, 0.3) is 0 Å². The minimum Gasteiger partial charge on any atom is -0.380 e. The van der Waals surface area contributed by atoms with Crippen LogP contribution in [0.1, 0.15) is 32.9 Å². The number of aromatic nitrogens is 2. The Morgan fingerprint density at radius 2 is 1.86 bits per heavy atom. The Kier molecular flexibility index (Phi) is 5.68. The molecule has 9 heteroatoms. The van der Waals surface area contributed by atoms with Crippen LogP contribution in [0, 0.1) is 24.0 Å². The molecule has 1 heterocycles. The van der Waals surface area contributed by atoms with E-state index >= 15 is 0 Å². The van der Waals surface area contributed by atoms with Gasteiger partial charge in [-0.3, -0.25) is 14.8 Å². The highest BCUT2D eigenvalue weighted by molar-refractivity contribution is 5.98. The molecule has 0 unspecified atom stereocenters. The number of nitrogens with zero attached hydrogens (tertiary/aromatic N) is 4. The van der Waals surface area contributed by atoms with Crippen LogP contribution in [0.15, 0.2) is 59.8 Å². The Hall–Kier alpha value is -4.01. The highest BCUT2D eigenvalue weighted by Gasteiger charge is 2.21. The maximum absolute atomic E-state index is 12.3. The minimum atomic E-state index is -0.662. The summed E-state index contributed by atoms with van der Waals surface area (Å²) in [5.74, 6) is -0.574. The van der Waals surface area contributed by atoms with Crippen LogP contribution in [0.5, 0.6) is 0 Å². The van der Waals surface area contributed by atoms with Crippen LogP contribution < -0.4 is 5.73 Å². The lowest BCUT2D eigenvalue weighted by Gasteiger charge is -2.06. The molecule has 0 aliphatic rings. The topological polar surface area (TPSA) is 126 Å². The molecule has 3 aromatic rings.